The maximum absolute atomic E-state index is 12.2. The van der Waals surface area contributed by atoms with Gasteiger partial charge in [0, 0.05) is 29.5 Å². The molecule has 2 aromatic carbocycles. The monoisotopic (exact) mass is 421 g/mol. The van der Waals surface area contributed by atoms with Crippen molar-refractivity contribution < 1.29 is 14.6 Å². The molecule has 156 valence electrons. The maximum atomic E-state index is 12.2. The number of para-hydroxylation sites is 1. The van der Waals surface area contributed by atoms with Crippen LogP contribution in [-0.4, -0.2) is 30.5 Å². The number of carbonyl (C=O) groups excluding carboxylic acids is 1. The number of benzene rings is 2. The third kappa shape index (κ3) is 3.35. The van der Waals surface area contributed by atoms with E-state index in [0.29, 0.717) is 11.3 Å². The van der Waals surface area contributed by atoms with Gasteiger partial charge in [-0.05, 0) is 25.1 Å². The van der Waals surface area contributed by atoms with Crippen molar-refractivity contribution in [1.29, 1.82) is 0 Å². The average Bonchev–Trinajstić information content (AvgIpc) is 3.16. The summed E-state index contributed by atoms with van der Waals surface area (Å²) in [4.78, 5) is 38.1. The molecule has 1 amide bonds. The minimum Gasteiger partial charge on any atom is -0.366 e. The van der Waals surface area contributed by atoms with Crippen molar-refractivity contribution >= 4 is 23.2 Å². The molecule has 0 saturated carbocycles. The molecule has 2 heterocycles. The second kappa shape index (κ2) is 7.33. The summed E-state index contributed by atoms with van der Waals surface area (Å²) < 4.78 is 1.35. The molecule has 1 aliphatic rings. The quantitative estimate of drug-likeness (QED) is 0.467. The summed E-state index contributed by atoms with van der Waals surface area (Å²) in [5.74, 6) is -0.287. The van der Waals surface area contributed by atoms with Crippen LogP contribution in [0.25, 0.3) is 11.4 Å². The number of nitrogens with two attached hydrogens (primary N) is 1. The SMILES string of the molecule is CC1=C(C(N)=O)C(c2ccccc2[N+](=O)[O-])n2nc(-c3ccc([N+](=O)[O-])cc3)nc2N1. The minimum atomic E-state index is -0.977. The molecule has 12 nitrogen and oxygen atoms in total. The predicted octanol–water partition coefficient (Wildman–Crippen LogP) is 2.54. The first-order valence-electron chi connectivity index (χ1n) is 9.00. The Bertz CT molecular complexity index is 1260. The summed E-state index contributed by atoms with van der Waals surface area (Å²) in [5, 5.41) is 29.9. The highest BCUT2D eigenvalue weighted by Crippen LogP contribution is 2.39. The lowest BCUT2D eigenvalue weighted by Crippen LogP contribution is -2.32. The minimum absolute atomic E-state index is 0.0860. The third-order valence-electron chi connectivity index (χ3n) is 4.88. The number of anilines is 1. The summed E-state index contributed by atoms with van der Waals surface area (Å²) in [5.41, 5.74) is 6.55. The largest absolute Gasteiger partial charge is 0.366 e. The molecule has 3 N–H and O–H groups in total. The number of carbonyl (C=O) groups is 1. The predicted molar refractivity (Wildman–Crippen MR) is 109 cm³/mol. The maximum Gasteiger partial charge on any atom is 0.275 e. The molecule has 4 rings (SSSR count). The number of aromatic nitrogens is 3. The normalized spacial score (nSPS) is 15.2. The Morgan fingerprint density at radius 2 is 1.77 bits per heavy atom. The molecule has 0 saturated heterocycles. The van der Waals surface area contributed by atoms with Crippen LogP contribution in [0.4, 0.5) is 17.3 Å². The number of hydrogen-bond acceptors (Lipinski definition) is 8. The van der Waals surface area contributed by atoms with Crippen LogP contribution < -0.4 is 11.1 Å². The Hall–Kier alpha value is -4.61. The van der Waals surface area contributed by atoms with Gasteiger partial charge in [-0.2, -0.15) is 4.98 Å². The number of amides is 1. The summed E-state index contributed by atoms with van der Waals surface area (Å²) in [6, 6.07) is 10.7. The van der Waals surface area contributed by atoms with Gasteiger partial charge in [-0.25, -0.2) is 4.68 Å². The van der Waals surface area contributed by atoms with Crippen molar-refractivity contribution in [3.63, 3.8) is 0 Å². The molecule has 1 aliphatic heterocycles. The average molecular weight is 421 g/mol. The molecular formula is C19H15N7O5. The number of primary amides is 1. The van der Waals surface area contributed by atoms with E-state index in [-0.39, 0.29) is 34.3 Å². The smallest absolute Gasteiger partial charge is 0.275 e. The number of nitro benzene ring substituents is 2. The lowest BCUT2D eigenvalue weighted by Gasteiger charge is -2.27. The van der Waals surface area contributed by atoms with Gasteiger partial charge in [-0.1, -0.05) is 12.1 Å². The van der Waals surface area contributed by atoms with E-state index in [1.54, 1.807) is 13.0 Å². The second-order valence-electron chi connectivity index (χ2n) is 6.75. The fraction of sp³-hybridized carbons (Fsp3) is 0.105. The van der Waals surface area contributed by atoms with Gasteiger partial charge in [0.2, 0.25) is 11.9 Å². The number of fused-ring (bicyclic) bond motifs is 1. The van der Waals surface area contributed by atoms with Crippen molar-refractivity contribution in [2.24, 2.45) is 5.73 Å². The number of nitrogens with zero attached hydrogens (tertiary/aromatic N) is 5. The summed E-state index contributed by atoms with van der Waals surface area (Å²) in [6.45, 7) is 1.62. The van der Waals surface area contributed by atoms with Crippen LogP contribution in [0.15, 0.2) is 59.8 Å². The molecule has 0 spiro atoms. The molecular weight excluding hydrogens is 406 g/mol. The van der Waals surface area contributed by atoms with Crippen molar-refractivity contribution in [3.05, 3.63) is 85.6 Å². The van der Waals surface area contributed by atoms with Gasteiger partial charge >= 0.3 is 0 Å². The van der Waals surface area contributed by atoms with Crippen molar-refractivity contribution in [1.82, 2.24) is 14.8 Å². The molecule has 0 fully saturated rings. The van der Waals surface area contributed by atoms with Gasteiger partial charge in [0.1, 0.15) is 6.04 Å². The first kappa shape index (κ1) is 19.7. The zero-order valence-corrected chi connectivity index (χ0v) is 16.1. The molecule has 12 heteroatoms. The van der Waals surface area contributed by atoms with Gasteiger partial charge < -0.3 is 11.1 Å². The van der Waals surface area contributed by atoms with E-state index in [1.807, 2.05) is 0 Å². The van der Waals surface area contributed by atoms with E-state index in [1.165, 1.54) is 47.1 Å². The molecule has 0 bridgehead atoms. The molecule has 0 aliphatic carbocycles. The number of allylic oxidation sites excluding steroid dienone is 1. The molecule has 3 aromatic rings. The van der Waals surface area contributed by atoms with Crippen molar-refractivity contribution in [2.45, 2.75) is 13.0 Å². The van der Waals surface area contributed by atoms with Crippen LogP contribution >= 0.6 is 0 Å². The van der Waals surface area contributed by atoms with Crippen molar-refractivity contribution in [2.75, 3.05) is 5.32 Å². The fourth-order valence-corrected chi connectivity index (χ4v) is 3.50. The van der Waals surface area contributed by atoms with Crippen LogP contribution in [-0.2, 0) is 4.79 Å². The summed E-state index contributed by atoms with van der Waals surface area (Å²) in [7, 11) is 0. The van der Waals surface area contributed by atoms with Gasteiger partial charge in [0.25, 0.3) is 11.4 Å². The molecule has 0 radical (unpaired) electrons. The number of nitro groups is 2. The highest BCUT2D eigenvalue weighted by atomic mass is 16.6. The molecule has 1 unspecified atom stereocenters. The van der Waals surface area contributed by atoms with Gasteiger partial charge in [-0.15, -0.1) is 5.10 Å². The molecule has 1 aromatic heterocycles. The fourth-order valence-electron chi connectivity index (χ4n) is 3.50. The Morgan fingerprint density at radius 3 is 2.39 bits per heavy atom. The van der Waals surface area contributed by atoms with E-state index in [4.69, 9.17) is 5.73 Å². The first-order chi connectivity index (χ1) is 14.8. The Kier molecular flexibility index (Phi) is 4.66. The van der Waals surface area contributed by atoms with Gasteiger partial charge in [-0.3, -0.25) is 25.0 Å². The topological polar surface area (TPSA) is 172 Å². The van der Waals surface area contributed by atoms with Crippen molar-refractivity contribution in [3.8, 4) is 11.4 Å². The third-order valence-corrected chi connectivity index (χ3v) is 4.88. The second-order valence-corrected chi connectivity index (χ2v) is 6.75. The van der Waals surface area contributed by atoms with Gasteiger partial charge in [0.15, 0.2) is 5.82 Å². The zero-order valence-electron chi connectivity index (χ0n) is 16.1. The van der Waals surface area contributed by atoms with Crippen LogP contribution in [0, 0.1) is 20.2 Å². The Morgan fingerprint density at radius 1 is 1.10 bits per heavy atom. The van der Waals surface area contributed by atoms with Crippen LogP contribution in [0.3, 0.4) is 0 Å². The first-order valence-corrected chi connectivity index (χ1v) is 9.00. The van der Waals surface area contributed by atoms with E-state index in [2.05, 4.69) is 15.4 Å². The summed E-state index contributed by atoms with van der Waals surface area (Å²) in [6.07, 6.45) is 0. The lowest BCUT2D eigenvalue weighted by atomic mass is 9.94. The Labute approximate surface area is 174 Å². The van der Waals surface area contributed by atoms with Crippen LogP contribution in [0.1, 0.15) is 18.5 Å². The highest BCUT2D eigenvalue weighted by Gasteiger charge is 2.36. The van der Waals surface area contributed by atoms with E-state index >= 15 is 0 Å². The molecule has 1 atom stereocenters. The van der Waals surface area contributed by atoms with Gasteiger partial charge in [0.05, 0.1) is 21.0 Å². The standard InChI is InChI=1S/C19H15N7O5/c1-10-15(17(20)27)16(13-4-2-3-5-14(13)26(30)31)24-19(21-10)22-18(23-24)11-6-8-12(9-7-11)25(28)29/h2-9,16H,1H3,(H2,20,27)(H,21,22,23). The summed E-state index contributed by atoms with van der Waals surface area (Å²) >= 11 is 0. The Balaban J connectivity index is 1.89. The number of rotatable bonds is 5. The van der Waals surface area contributed by atoms with Crippen LogP contribution in [0.2, 0.25) is 0 Å². The number of non-ortho nitro benzene ring substituents is 1. The van der Waals surface area contributed by atoms with E-state index in [9.17, 15) is 25.0 Å². The lowest BCUT2D eigenvalue weighted by molar-refractivity contribution is -0.385. The number of nitrogens with one attached hydrogen (secondary N) is 1. The highest BCUT2D eigenvalue weighted by molar-refractivity contribution is 5.95. The number of hydrogen-bond donors (Lipinski definition) is 2. The van der Waals surface area contributed by atoms with Crippen LogP contribution in [0.5, 0.6) is 0 Å². The zero-order chi connectivity index (χ0) is 22.3. The molecule has 31 heavy (non-hydrogen) atoms. The van der Waals surface area contributed by atoms with E-state index < -0.39 is 21.8 Å². The van der Waals surface area contributed by atoms with E-state index in [0.717, 1.165) is 0 Å².